The normalized spacial score (nSPS) is 20.6. The van der Waals surface area contributed by atoms with Gasteiger partial charge in [0, 0.05) is 63.4 Å². The van der Waals surface area contributed by atoms with Crippen molar-refractivity contribution in [3.8, 4) is 0 Å². The first-order valence-electron chi connectivity index (χ1n) is 12.5. The number of anilines is 1. The average molecular weight is 495 g/mol. The van der Waals surface area contributed by atoms with E-state index in [1.807, 2.05) is 19.0 Å². The molecule has 3 amide bonds. The van der Waals surface area contributed by atoms with Gasteiger partial charge in [-0.05, 0) is 45.6 Å². The van der Waals surface area contributed by atoms with Crippen LogP contribution < -0.4 is 4.90 Å². The number of halogens is 1. The molecule has 0 radical (unpaired) electrons. The summed E-state index contributed by atoms with van der Waals surface area (Å²) in [6, 6.07) is 12.4. The highest BCUT2D eigenvalue weighted by Gasteiger charge is 2.55. The summed E-state index contributed by atoms with van der Waals surface area (Å²) in [5.74, 6) is -1.64. The molecule has 2 saturated heterocycles. The van der Waals surface area contributed by atoms with Gasteiger partial charge in [-0.1, -0.05) is 35.9 Å². The number of amides is 3. The van der Waals surface area contributed by atoms with E-state index in [1.165, 1.54) is 28.2 Å². The molecule has 0 aliphatic carbocycles. The number of hydrogen-bond acceptors (Lipinski definition) is 5. The van der Waals surface area contributed by atoms with Crippen molar-refractivity contribution in [3.05, 3.63) is 65.0 Å². The smallest absolute Gasteiger partial charge is 0.241 e. The summed E-state index contributed by atoms with van der Waals surface area (Å²) in [5.41, 5.74) is 2.16. The minimum absolute atomic E-state index is 0.123. The van der Waals surface area contributed by atoms with Crippen molar-refractivity contribution in [3.63, 3.8) is 0 Å². The largest absolute Gasteiger partial charge is 0.368 e. The molecule has 7 nitrogen and oxygen atoms in total. The third-order valence-electron chi connectivity index (χ3n) is 7.35. The number of aryl methyl sites for hydroxylation is 2. The maximum absolute atomic E-state index is 15.0. The van der Waals surface area contributed by atoms with Crippen LogP contribution in [-0.4, -0.2) is 85.8 Å². The first kappa shape index (κ1) is 25.8. The van der Waals surface area contributed by atoms with Crippen LogP contribution >= 0.6 is 0 Å². The zero-order valence-electron chi connectivity index (χ0n) is 21.6. The molecule has 0 saturated carbocycles. The first-order chi connectivity index (χ1) is 17.1. The minimum Gasteiger partial charge on any atom is -0.368 e. The molecular weight excluding hydrogens is 459 g/mol. The van der Waals surface area contributed by atoms with Crippen molar-refractivity contribution in [2.75, 3.05) is 58.3 Å². The van der Waals surface area contributed by atoms with E-state index >= 15 is 4.39 Å². The summed E-state index contributed by atoms with van der Waals surface area (Å²) in [7, 11) is 3.72. The summed E-state index contributed by atoms with van der Waals surface area (Å²) >= 11 is 0. The Hall–Kier alpha value is -3.26. The zero-order chi connectivity index (χ0) is 26.0. The number of hydrogen-bond donors (Lipinski definition) is 0. The topological polar surface area (TPSA) is 64.2 Å². The fourth-order valence-corrected chi connectivity index (χ4v) is 5.35. The van der Waals surface area contributed by atoms with E-state index in [0.29, 0.717) is 32.7 Å². The highest BCUT2D eigenvalue weighted by molar-refractivity contribution is 6.10. The Kier molecular flexibility index (Phi) is 7.45. The van der Waals surface area contributed by atoms with Gasteiger partial charge >= 0.3 is 0 Å². The maximum atomic E-state index is 15.0. The van der Waals surface area contributed by atoms with Crippen LogP contribution in [0.5, 0.6) is 0 Å². The summed E-state index contributed by atoms with van der Waals surface area (Å²) in [5, 5.41) is 0. The van der Waals surface area contributed by atoms with E-state index in [2.05, 4.69) is 36.9 Å². The lowest BCUT2D eigenvalue weighted by molar-refractivity contribution is -0.143. The number of likely N-dealkylation sites (tertiary alicyclic amines) is 1. The Labute approximate surface area is 212 Å². The van der Waals surface area contributed by atoms with Gasteiger partial charge in [0.15, 0.2) is 0 Å². The summed E-state index contributed by atoms with van der Waals surface area (Å²) in [6.07, 6.45) is -0.422. The molecule has 2 aromatic carbocycles. The van der Waals surface area contributed by atoms with Crippen molar-refractivity contribution in [2.24, 2.45) is 0 Å². The van der Waals surface area contributed by atoms with Crippen LogP contribution in [-0.2, 0) is 19.8 Å². The van der Waals surface area contributed by atoms with Gasteiger partial charge in [0.25, 0.3) is 0 Å². The standard InChI is InChI=1S/C28H35FN4O3/c1-20-9-10-24(21(2)17-20)31-12-14-32(15-13-31)25(34)18-28(22-7-5-6-8-23(22)29)19-26(35)33(27(28)36)16-11-30(3)4/h5-10,17H,11-16,18-19H2,1-4H3. The second-order valence-corrected chi connectivity index (χ2v) is 10.2. The highest BCUT2D eigenvalue weighted by atomic mass is 19.1. The molecule has 192 valence electrons. The van der Waals surface area contributed by atoms with Crippen LogP contribution in [0.2, 0.25) is 0 Å². The molecule has 0 bridgehead atoms. The molecule has 0 N–H and O–H groups in total. The lowest BCUT2D eigenvalue weighted by Crippen LogP contribution is -2.51. The second kappa shape index (κ2) is 10.4. The van der Waals surface area contributed by atoms with Crippen LogP contribution in [0.15, 0.2) is 42.5 Å². The van der Waals surface area contributed by atoms with Crippen molar-refractivity contribution >= 4 is 23.4 Å². The minimum atomic E-state index is -1.52. The molecule has 2 heterocycles. The number of benzene rings is 2. The Morgan fingerprint density at radius 2 is 1.72 bits per heavy atom. The number of likely N-dealkylation sites (N-methyl/N-ethyl adjacent to an activating group) is 1. The SMILES string of the molecule is Cc1ccc(N2CCN(C(=O)CC3(c4ccccc4F)CC(=O)N(CCN(C)C)C3=O)CC2)c(C)c1. The lowest BCUT2D eigenvalue weighted by Gasteiger charge is -2.38. The van der Waals surface area contributed by atoms with E-state index in [4.69, 9.17) is 0 Å². The number of nitrogens with zero attached hydrogens (tertiary/aromatic N) is 4. The van der Waals surface area contributed by atoms with Crippen LogP contribution in [0.4, 0.5) is 10.1 Å². The van der Waals surface area contributed by atoms with Crippen LogP contribution in [0, 0.1) is 19.7 Å². The number of carbonyl (C=O) groups is 3. The number of imide groups is 1. The fraction of sp³-hybridized carbons (Fsp3) is 0.464. The monoisotopic (exact) mass is 494 g/mol. The zero-order valence-corrected chi connectivity index (χ0v) is 21.6. The van der Waals surface area contributed by atoms with Crippen molar-refractivity contribution in [1.82, 2.24) is 14.7 Å². The van der Waals surface area contributed by atoms with Gasteiger partial charge in [0.2, 0.25) is 17.7 Å². The predicted octanol–water partition coefficient (Wildman–Crippen LogP) is 2.74. The van der Waals surface area contributed by atoms with E-state index in [0.717, 1.165) is 5.69 Å². The van der Waals surface area contributed by atoms with Gasteiger partial charge in [-0.25, -0.2) is 4.39 Å². The molecule has 2 aliphatic rings. The molecular formula is C28H35FN4O3. The summed E-state index contributed by atoms with van der Waals surface area (Å²) in [4.78, 5) is 47.2. The Morgan fingerprint density at radius 3 is 2.36 bits per heavy atom. The van der Waals surface area contributed by atoms with Gasteiger partial charge in [0.1, 0.15) is 5.82 Å². The predicted molar refractivity (Wildman–Crippen MR) is 137 cm³/mol. The van der Waals surface area contributed by atoms with Crippen LogP contribution in [0.3, 0.4) is 0 Å². The van der Waals surface area contributed by atoms with Gasteiger partial charge in [0.05, 0.1) is 5.41 Å². The maximum Gasteiger partial charge on any atom is 0.241 e. The third kappa shape index (κ3) is 5.00. The molecule has 0 spiro atoms. The average Bonchev–Trinajstić information content (AvgIpc) is 3.07. The van der Waals surface area contributed by atoms with Crippen LogP contribution in [0.25, 0.3) is 0 Å². The number of piperazine rings is 1. The molecule has 0 aromatic heterocycles. The van der Waals surface area contributed by atoms with E-state index in [1.54, 1.807) is 17.0 Å². The van der Waals surface area contributed by atoms with Gasteiger partial charge in [-0.2, -0.15) is 0 Å². The van der Waals surface area contributed by atoms with E-state index in [9.17, 15) is 14.4 Å². The molecule has 2 aliphatic heterocycles. The van der Waals surface area contributed by atoms with Crippen molar-refractivity contribution < 1.29 is 18.8 Å². The molecule has 1 atom stereocenters. The molecule has 8 heteroatoms. The Bertz CT molecular complexity index is 1160. The van der Waals surface area contributed by atoms with E-state index in [-0.39, 0.29) is 36.8 Å². The number of carbonyl (C=O) groups excluding carboxylic acids is 3. The third-order valence-corrected chi connectivity index (χ3v) is 7.35. The van der Waals surface area contributed by atoms with Gasteiger partial charge in [-0.15, -0.1) is 0 Å². The molecule has 2 aromatic rings. The molecule has 4 rings (SSSR count). The lowest BCUT2D eigenvalue weighted by atomic mass is 9.75. The van der Waals surface area contributed by atoms with Gasteiger partial charge in [-0.3, -0.25) is 19.3 Å². The van der Waals surface area contributed by atoms with E-state index < -0.39 is 17.1 Å². The molecule has 1 unspecified atom stereocenters. The summed E-state index contributed by atoms with van der Waals surface area (Å²) in [6.45, 7) is 7.22. The number of rotatable bonds is 7. The summed E-state index contributed by atoms with van der Waals surface area (Å²) < 4.78 is 15.0. The van der Waals surface area contributed by atoms with Crippen LogP contribution in [0.1, 0.15) is 29.5 Å². The second-order valence-electron chi connectivity index (χ2n) is 10.2. The molecule has 36 heavy (non-hydrogen) atoms. The van der Waals surface area contributed by atoms with Crippen molar-refractivity contribution in [2.45, 2.75) is 32.1 Å². The Morgan fingerprint density at radius 1 is 1.03 bits per heavy atom. The first-order valence-corrected chi connectivity index (χ1v) is 12.5. The Balaban J connectivity index is 1.54. The molecule has 2 fully saturated rings. The van der Waals surface area contributed by atoms with Gasteiger partial charge < -0.3 is 14.7 Å². The highest BCUT2D eigenvalue weighted by Crippen LogP contribution is 2.41. The quantitative estimate of drug-likeness (QED) is 0.554. The fourth-order valence-electron chi connectivity index (χ4n) is 5.35. The van der Waals surface area contributed by atoms with Crippen molar-refractivity contribution in [1.29, 1.82) is 0 Å².